The minimum Gasteiger partial charge on any atom is -0.457 e. The fourth-order valence-corrected chi connectivity index (χ4v) is 2.10. The van der Waals surface area contributed by atoms with Crippen molar-refractivity contribution in [3.05, 3.63) is 58.1 Å². The van der Waals surface area contributed by atoms with Crippen molar-refractivity contribution in [2.24, 2.45) is 0 Å². The number of hydrogen-bond acceptors (Lipinski definition) is 2. The van der Waals surface area contributed by atoms with Crippen LogP contribution in [0.15, 0.2) is 40.9 Å². The van der Waals surface area contributed by atoms with Gasteiger partial charge in [0.05, 0.1) is 6.10 Å². The van der Waals surface area contributed by atoms with E-state index >= 15 is 0 Å². The Balaban J connectivity index is 2.37. The predicted octanol–water partition coefficient (Wildman–Crippen LogP) is 4.57. The zero-order valence-electron chi connectivity index (χ0n) is 10.0. The average Bonchev–Trinajstić information content (AvgIpc) is 2.30. The van der Waals surface area contributed by atoms with E-state index in [-0.39, 0.29) is 11.5 Å². The van der Waals surface area contributed by atoms with Crippen LogP contribution in [-0.4, -0.2) is 5.11 Å². The number of aliphatic hydroxyl groups excluding tert-OH is 1. The van der Waals surface area contributed by atoms with Gasteiger partial charge < -0.3 is 9.84 Å². The highest BCUT2D eigenvalue weighted by atomic mass is 79.9. The van der Waals surface area contributed by atoms with Crippen LogP contribution in [0.1, 0.15) is 18.6 Å². The molecule has 0 aliphatic heterocycles. The van der Waals surface area contributed by atoms with Crippen LogP contribution in [-0.2, 0) is 0 Å². The summed E-state index contributed by atoms with van der Waals surface area (Å²) in [5.74, 6) is -0.372. The summed E-state index contributed by atoms with van der Waals surface area (Å²) >= 11 is 3.16. The molecule has 5 heteroatoms. The summed E-state index contributed by atoms with van der Waals surface area (Å²) in [7, 11) is 0. The molecule has 0 aromatic heterocycles. The van der Waals surface area contributed by atoms with Crippen molar-refractivity contribution < 1.29 is 18.6 Å². The van der Waals surface area contributed by atoms with Crippen molar-refractivity contribution in [3.63, 3.8) is 0 Å². The third kappa shape index (κ3) is 3.52. The maximum absolute atomic E-state index is 13.2. The second-order valence-electron chi connectivity index (χ2n) is 4.07. The van der Waals surface area contributed by atoms with E-state index in [4.69, 9.17) is 4.74 Å². The third-order valence-corrected chi connectivity index (χ3v) is 2.94. The lowest BCUT2D eigenvalue weighted by atomic mass is 10.1. The third-order valence-electron chi connectivity index (χ3n) is 2.49. The number of hydrogen-bond donors (Lipinski definition) is 1. The zero-order chi connectivity index (χ0) is 14.0. The molecule has 2 aromatic carbocycles. The Labute approximate surface area is 117 Å². The molecule has 0 amide bonds. The highest BCUT2D eigenvalue weighted by Gasteiger charge is 2.12. The minimum absolute atomic E-state index is 0.264. The number of rotatable bonds is 3. The molecule has 2 nitrogen and oxygen atoms in total. The number of halogens is 3. The van der Waals surface area contributed by atoms with Crippen LogP contribution >= 0.6 is 15.9 Å². The molecule has 0 aliphatic carbocycles. The Morgan fingerprint density at radius 3 is 2.47 bits per heavy atom. The molecule has 100 valence electrons. The Bertz CT molecular complexity index is 580. The molecule has 19 heavy (non-hydrogen) atoms. The van der Waals surface area contributed by atoms with Gasteiger partial charge in [0.25, 0.3) is 0 Å². The molecule has 2 rings (SSSR count). The second-order valence-corrected chi connectivity index (χ2v) is 4.98. The van der Waals surface area contributed by atoms with Crippen LogP contribution in [0.2, 0.25) is 0 Å². The first-order valence-corrected chi connectivity index (χ1v) is 6.36. The maximum atomic E-state index is 13.2. The standard InChI is InChI=1S/C14H11BrF2O2/c1-8(18)13-7-10(16)2-3-14(13)19-12-5-9(15)4-11(17)6-12/h2-8,18H,1H3/t8-/m1/s1. The first-order chi connectivity index (χ1) is 8.95. The second kappa shape index (κ2) is 5.67. The van der Waals surface area contributed by atoms with E-state index in [1.54, 1.807) is 6.07 Å². The van der Waals surface area contributed by atoms with Crippen LogP contribution in [0.25, 0.3) is 0 Å². The summed E-state index contributed by atoms with van der Waals surface area (Å²) in [5.41, 5.74) is 0.306. The molecular weight excluding hydrogens is 318 g/mol. The number of aliphatic hydroxyl groups is 1. The predicted molar refractivity (Wildman–Crippen MR) is 71.2 cm³/mol. The normalized spacial score (nSPS) is 12.3. The van der Waals surface area contributed by atoms with Crippen LogP contribution in [0.4, 0.5) is 8.78 Å². The van der Waals surface area contributed by atoms with Gasteiger partial charge in [-0.1, -0.05) is 15.9 Å². The van der Waals surface area contributed by atoms with Crippen molar-refractivity contribution >= 4 is 15.9 Å². The summed E-state index contributed by atoms with van der Waals surface area (Å²) in [6.45, 7) is 1.50. The van der Waals surface area contributed by atoms with Gasteiger partial charge >= 0.3 is 0 Å². The van der Waals surface area contributed by atoms with Crippen molar-refractivity contribution in [2.75, 3.05) is 0 Å². The molecule has 0 heterocycles. The van der Waals surface area contributed by atoms with Gasteiger partial charge in [-0.15, -0.1) is 0 Å². The Morgan fingerprint density at radius 1 is 1.11 bits per heavy atom. The lowest BCUT2D eigenvalue weighted by Crippen LogP contribution is -1.97. The van der Waals surface area contributed by atoms with E-state index in [1.165, 1.54) is 37.3 Å². The average molecular weight is 329 g/mol. The Morgan fingerprint density at radius 2 is 1.84 bits per heavy atom. The zero-order valence-corrected chi connectivity index (χ0v) is 11.6. The lowest BCUT2D eigenvalue weighted by Gasteiger charge is -2.13. The quantitative estimate of drug-likeness (QED) is 0.894. The summed E-state index contributed by atoms with van der Waals surface area (Å²) in [4.78, 5) is 0. The van der Waals surface area contributed by atoms with Gasteiger partial charge in [0, 0.05) is 16.1 Å². The SMILES string of the molecule is C[C@@H](O)c1cc(F)ccc1Oc1cc(F)cc(Br)c1. The summed E-state index contributed by atoms with van der Waals surface area (Å²) < 4.78 is 32.4. The summed E-state index contributed by atoms with van der Waals surface area (Å²) in [6.07, 6.45) is -0.886. The van der Waals surface area contributed by atoms with Gasteiger partial charge in [0.2, 0.25) is 0 Å². The largest absolute Gasteiger partial charge is 0.457 e. The van der Waals surface area contributed by atoms with Crippen molar-refractivity contribution in [2.45, 2.75) is 13.0 Å². The van der Waals surface area contributed by atoms with Crippen molar-refractivity contribution in [1.82, 2.24) is 0 Å². The fourth-order valence-electron chi connectivity index (χ4n) is 1.65. The smallest absolute Gasteiger partial charge is 0.133 e. The van der Waals surface area contributed by atoms with Gasteiger partial charge in [0.15, 0.2) is 0 Å². The van der Waals surface area contributed by atoms with Gasteiger partial charge in [0.1, 0.15) is 23.1 Å². The molecule has 0 unspecified atom stereocenters. The van der Waals surface area contributed by atoms with Crippen LogP contribution < -0.4 is 4.74 Å². The van der Waals surface area contributed by atoms with E-state index in [0.717, 1.165) is 0 Å². The van der Waals surface area contributed by atoms with Gasteiger partial charge in [-0.25, -0.2) is 8.78 Å². The van der Waals surface area contributed by atoms with E-state index in [2.05, 4.69) is 15.9 Å². The number of benzene rings is 2. The molecule has 0 fully saturated rings. The Hall–Kier alpha value is -1.46. The molecule has 0 spiro atoms. The molecule has 1 N–H and O–H groups in total. The molecule has 0 saturated heterocycles. The monoisotopic (exact) mass is 328 g/mol. The molecule has 1 atom stereocenters. The van der Waals surface area contributed by atoms with E-state index < -0.39 is 17.7 Å². The molecule has 0 aliphatic rings. The maximum Gasteiger partial charge on any atom is 0.133 e. The topological polar surface area (TPSA) is 29.5 Å². The van der Waals surface area contributed by atoms with Crippen molar-refractivity contribution in [3.8, 4) is 11.5 Å². The van der Waals surface area contributed by atoms with Gasteiger partial charge in [-0.05, 0) is 37.3 Å². The van der Waals surface area contributed by atoms with Crippen LogP contribution in [0, 0.1) is 11.6 Å². The molecule has 0 saturated carbocycles. The summed E-state index contributed by atoms with van der Waals surface area (Å²) in [6, 6.07) is 7.89. The molecule has 0 radical (unpaired) electrons. The van der Waals surface area contributed by atoms with Crippen LogP contribution in [0.5, 0.6) is 11.5 Å². The van der Waals surface area contributed by atoms with Crippen LogP contribution in [0.3, 0.4) is 0 Å². The first-order valence-electron chi connectivity index (χ1n) is 5.57. The molecule has 0 bridgehead atoms. The molecular formula is C14H11BrF2O2. The summed E-state index contributed by atoms with van der Waals surface area (Å²) in [5, 5.41) is 9.59. The lowest BCUT2D eigenvalue weighted by molar-refractivity contribution is 0.195. The minimum atomic E-state index is -0.886. The van der Waals surface area contributed by atoms with E-state index in [9.17, 15) is 13.9 Å². The fraction of sp³-hybridized carbons (Fsp3) is 0.143. The highest BCUT2D eigenvalue weighted by molar-refractivity contribution is 9.10. The highest BCUT2D eigenvalue weighted by Crippen LogP contribution is 2.31. The van der Waals surface area contributed by atoms with E-state index in [0.29, 0.717) is 10.0 Å². The Kier molecular flexibility index (Phi) is 4.17. The van der Waals surface area contributed by atoms with E-state index in [1.807, 2.05) is 0 Å². The number of ether oxygens (including phenoxy) is 1. The van der Waals surface area contributed by atoms with Crippen molar-refractivity contribution in [1.29, 1.82) is 0 Å². The van der Waals surface area contributed by atoms with Gasteiger partial charge in [-0.2, -0.15) is 0 Å². The molecule has 2 aromatic rings. The van der Waals surface area contributed by atoms with Gasteiger partial charge in [-0.3, -0.25) is 0 Å². The first kappa shape index (κ1) is 14.0.